The Morgan fingerprint density at radius 3 is 2.85 bits per heavy atom. The number of ether oxygens (including phenoxy) is 1. The Kier molecular flexibility index (Phi) is 2.02. The summed E-state index contributed by atoms with van der Waals surface area (Å²) in [5.74, 6) is 0.859. The lowest BCUT2D eigenvalue weighted by molar-refractivity contribution is 0.415. The normalized spacial score (nSPS) is 10.2. The summed E-state index contributed by atoms with van der Waals surface area (Å²) in [6.45, 7) is 0. The van der Waals surface area contributed by atoms with Crippen molar-refractivity contribution in [3.05, 3.63) is 35.0 Å². The number of aromatic amines is 1. The molecule has 1 N–H and O–H groups in total. The third kappa shape index (κ3) is 1.55. The molecule has 1 heterocycles. The predicted octanol–water partition coefficient (Wildman–Crippen LogP) is 2.91. The maximum atomic E-state index is 5.11. The van der Waals surface area contributed by atoms with E-state index in [0.29, 0.717) is 0 Å². The van der Waals surface area contributed by atoms with E-state index >= 15 is 0 Å². The molecule has 0 aliphatic heterocycles. The second kappa shape index (κ2) is 3.18. The van der Waals surface area contributed by atoms with Crippen LogP contribution in [0.1, 0.15) is 0 Å². The summed E-state index contributed by atoms with van der Waals surface area (Å²) in [5, 5.41) is 1.10. The number of nitrogens with one attached hydrogen (secondary N) is 1. The van der Waals surface area contributed by atoms with Crippen molar-refractivity contribution in [2.24, 2.45) is 0 Å². The molecule has 2 rings (SSSR count). The lowest BCUT2D eigenvalue weighted by Crippen LogP contribution is -1.83. The first kappa shape index (κ1) is 8.26. The average Bonchev–Trinajstić information content (AvgIpc) is 2.17. The number of fused-ring (bicyclic) bond motifs is 1. The van der Waals surface area contributed by atoms with Gasteiger partial charge in [-0.2, -0.15) is 0 Å². The van der Waals surface area contributed by atoms with Gasteiger partial charge in [-0.15, -0.1) is 0 Å². The molecule has 66 valence electrons. The van der Waals surface area contributed by atoms with Crippen molar-refractivity contribution < 1.29 is 4.74 Å². The first-order chi connectivity index (χ1) is 6.29. The lowest BCUT2D eigenvalue weighted by atomic mass is 10.2. The van der Waals surface area contributed by atoms with Gasteiger partial charge in [0, 0.05) is 10.9 Å². The van der Waals surface area contributed by atoms with Crippen LogP contribution in [0.4, 0.5) is 0 Å². The number of hydrogen-bond donors (Lipinski definition) is 1. The summed E-state index contributed by atoms with van der Waals surface area (Å²) in [5.41, 5.74) is 1.04. The number of aromatic nitrogens is 1. The van der Waals surface area contributed by atoms with Gasteiger partial charge in [0.15, 0.2) is 0 Å². The van der Waals surface area contributed by atoms with Crippen molar-refractivity contribution in [2.45, 2.75) is 0 Å². The first-order valence-corrected chi connectivity index (χ1v) is 4.37. The molecule has 1 aromatic carbocycles. The fraction of sp³-hybridized carbons (Fsp3) is 0.100. The maximum Gasteiger partial charge on any atom is 0.119 e. The van der Waals surface area contributed by atoms with Gasteiger partial charge in [0.25, 0.3) is 0 Å². The zero-order valence-electron chi connectivity index (χ0n) is 7.20. The minimum Gasteiger partial charge on any atom is -0.497 e. The van der Waals surface area contributed by atoms with Gasteiger partial charge in [-0.1, -0.05) is 12.2 Å². The third-order valence-corrected chi connectivity index (χ3v) is 2.17. The zero-order valence-corrected chi connectivity index (χ0v) is 8.02. The number of rotatable bonds is 1. The van der Waals surface area contributed by atoms with E-state index in [1.165, 1.54) is 0 Å². The molecule has 0 fully saturated rings. The SMILES string of the molecule is COc1ccc2[nH]c(=S)ccc2c1. The summed E-state index contributed by atoms with van der Waals surface area (Å²) in [4.78, 5) is 3.10. The van der Waals surface area contributed by atoms with Gasteiger partial charge in [0.1, 0.15) is 10.4 Å². The summed E-state index contributed by atoms with van der Waals surface area (Å²) in [7, 11) is 1.66. The Morgan fingerprint density at radius 1 is 1.23 bits per heavy atom. The van der Waals surface area contributed by atoms with Crippen molar-refractivity contribution in [1.82, 2.24) is 4.98 Å². The average molecular weight is 191 g/mol. The molecule has 0 radical (unpaired) electrons. The van der Waals surface area contributed by atoms with Crippen LogP contribution in [-0.2, 0) is 0 Å². The van der Waals surface area contributed by atoms with Gasteiger partial charge < -0.3 is 9.72 Å². The number of H-pyrrole nitrogens is 1. The highest BCUT2D eigenvalue weighted by atomic mass is 32.1. The minimum absolute atomic E-state index is 0.748. The second-order valence-corrected chi connectivity index (χ2v) is 3.22. The third-order valence-electron chi connectivity index (χ3n) is 1.93. The zero-order chi connectivity index (χ0) is 9.26. The van der Waals surface area contributed by atoms with Gasteiger partial charge in [0.05, 0.1) is 7.11 Å². The lowest BCUT2D eigenvalue weighted by Gasteiger charge is -2.01. The van der Waals surface area contributed by atoms with Crippen molar-refractivity contribution in [3.8, 4) is 5.75 Å². The fourth-order valence-corrected chi connectivity index (χ4v) is 1.44. The fourth-order valence-electron chi connectivity index (χ4n) is 1.26. The van der Waals surface area contributed by atoms with Crippen LogP contribution in [0, 0.1) is 4.64 Å². The molecule has 0 atom stereocenters. The molecule has 2 nitrogen and oxygen atoms in total. The second-order valence-electron chi connectivity index (χ2n) is 2.78. The van der Waals surface area contributed by atoms with Crippen LogP contribution < -0.4 is 4.74 Å². The number of hydrogen-bond acceptors (Lipinski definition) is 2. The van der Waals surface area contributed by atoms with Crippen LogP contribution in [0.25, 0.3) is 10.9 Å². The van der Waals surface area contributed by atoms with Crippen LogP contribution in [0.2, 0.25) is 0 Å². The van der Waals surface area contributed by atoms with Crippen molar-refractivity contribution in [1.29, 1.82) is 0 Å². The number of benzene rings is 1. The molecule has 0 saturated carbocycles. The van der Waals surface area contributed by atoms with Gasteiger partial charge in [-0.25, -0.2) is 0 Å². The summed E-state index contributed by atoms with van der Waals surface area (Å²) < 4.78 is 5.86. The highest BCUT2D eigenvalue weighted by Gasteiger charge is 1.94. The molecule has 2 aromatic rings. The van der Waals surface area contributed by atoms with Gasteiger partial charge in [-0.05, 0) is 30.3 Å². The van der Waals surface area contributed by atoms with Crippen LogP contribution in [0.3, 0.4) is 0 Å². The molecule has 3 heteroatoms. The Balaban J connectivity index is 2.73. The van der Waals surface area contributed by atoms with E-state index in [4.69, 9.17) is 17.0 Å². The van der Waals surface area contributed by atoms with E-state index in [0.717, 1.165) is 21.3 Å². The summed E-state index contributed by atoms with van der Waals surface area (Å²) in [6.07, 6.45) is 0. The summed E-state index contributed by atoms with van der Waals surface area (Å²) >= 11 is 5.01. The monoisotopic (exact) mass is 191 g/mol. The molecule has 13 heavy (non-hydrogen) atoms. The molecule has 0 bridgehead atoms. The molecule has 0 spiro atoms. The predicted molar refractivity (Wildman–Crippen MR) is 55.7 cm³/mol. The van der Waals surface area contributed by atoms with Crippen molar-refractivity contribution in [3.63, 3.8) is 0 Å². The van der Waals surface area contributed by atoms with E-state index in [9.17, 15) is 0 Å². The van der Waals surface area contributed by atoms with E-state index in [-0.39, 0.29) is 0 Å². The highest BCUT2D eigenvalue weighted by molar-refractivity contribution is 7.71. The highest BCUT2D eigenvalue weighted by Crippen LogP contribution is 2.18. The standard InChI is InChI=1S/C10H9NOS/c1-12-8-3-4-9-7(6-8)2-5-10(13)11-9/h2-6H,1H3,(H,11,13). The molecular weight excluding hydrogens is 182 g/mol. The molecule has 0 saturated heterocycles. The van der Waals surface area contributed by atoms with Crippen molar-refractivity contribution in [2.75, 3.05) is 7.11 Å². The van der Waals surface area contributed by atoms with Crippen molar-refractivity contribution >= 4 is 23.1 Å². The number of methoxy groups -OCH3 is 1. The smallest absolute Gasteiger partial charge is 0.119 e. The van der Waals surface area contributed by atoms with E-state index < -0.39 is 0 Å². The van der Waals surface area contributed by atoms with Gasteiger partial charge in [0.2, 0.25) is 0 Å². The maximum absolute atomic E-state index is 5.11. The van der Waals surface area contributed by atoms with Crippen LogP contribution in [-0.4, -0.2) is 12.1 Å². The Hall–Kier alpha value is -1.35. The molecule has 0 amide bonds. The Bertz CT molecular complexity index is 489. The van der Waals surface area contributed by atoms with Crippen LogP contribution >= 0.6 is 12.2 Å². The van der Waals surface area contributed by atoms with E-state index in [2.05, 4.69) is 4.98 Å². The van der Waals surface area contributed by atoms with Gasteiger partial charge in [-0.3, -0.25) is 0 Å². The molecule has 1 aromatic heterocycles. The van der Waals surface area contributed by atoms with Crippen LogP contribution in [0.5, 0.6) is 5.75 Å². The van der Waals surface area contributed by atoms with E-state index in [1.54, 1.807) is 7.11 Å². The first-order valence-electron chi connectivity index (χ1n) is 3.97. The quantitative estimate of drug-likeness (QED) is 0.701. The largest absolute Gasteiger partial charge is 0.497 e. The molecule has 0 aliphatic carbocycles. The van der Waals surface area contributed by atoms with E-state index in [1.807, 2.05) is 30.3 Å². The Morgan fingerprint density at radius 2 is 2.08 bits per heavy atom. The topological polar surface area (TPSA) is 25.0 Å². The Labute approximate surface area is 81.2 Å². The number of pyridine rings is 1. The van der Waals surface area contributed by atoms with Crippen LogP contribution in [0.15, 0.2) is 30.3 Å². The molecule has 0 aliphatic rings. The molecular formula is C10H9NOS. The van der Waals surface area contributed by atoms with Gasteiger partial charge >= 0.3 is 0 Å². The summed E-state index contributed by atoms with van der Waals surface area (Å²) in [6, 6.07) is 9.70. The molecule has 0 unspecified atom stereocenters. The minimum atomic E-state index is 0.748.